The van der Waals surface area contributed by atoms with Crippen LogP contribution in [-0.4, -0.2) is 44.3 Å². The molecule has 3 fully saturated rings. The lowest BCUT2D eigenvalue weighted by atomic mass is 9.61. The first-order chi connectivity index (χ1) is 7.98. The van der Waals surface area contributed by atoms with E-state index in [4.69, 9.17) is 0 Å². The van der Waals surface area contributed by atoms with E-state index < -0.39 is 29.3 Å². The van der Waals surface area contributed by atoms with Gasteiger partial charge in [-0.15, -0.1) is 0 Å². The molecule has 3 saturated carbocycles. The second kappa shape index (κ2) is 3.67. The lowest BCUT2D eigenvalue weighted by Gasteiger charge is -2.50. The highest BCUT2D eigenvalue weighted by molar-refractivity contribution is 5.16. The molecule has 0 heterocycles. The molecule has 6 atom stereocenters. The molecule has 4 nitrogen and oxygen atoms in total. The van der Waals surface area contributed by atoms with Crippen LogP contribution in [0.1, 0.15) is 44.9 Å². The molecular weight excluding hydrogens is 220 g/mol. The maximum atomic E-state index is 10.9. The zero-order chi connectivity index (χ0) is 12.3. The molecule has 0 aliphatic heterocycles. The first kappa shape index (κ1) is 11.9. The zero-order valence-corrected chi connectivity index (χ0v) is 10.0. The van der Waals surface area contributed by atoms with Crippen molar-refractivity contribution in [1.82, 2.24) is 0 Å². The van der Waals surface area contributed by atoms with Crippen LogP contribution in [0, 0.1) is 11.3 Å². The molecule has 0 amide bonds. The Morgan fingerprint density at radius 2 is 1.71 bits per heavy atom. The van der Waals surface area contributed by atoms with E-state index in [2.05, 4.69) is 0 Å². The van der Waals surface area contributed by atoms with Gasteiger partial charge in [-0.25, -0.2) is 0 Å². The molecule has 3 aliphatic rings. The molecule has 0 aromatic carbocycles. The highest BCUT2D eigenvalue weighted by Crippen LogP contribution is 2.62. The van der Waals surface area contributed by atoms with Gasteiger partial charge in [0.05, 0.1) is 23.9 Å². The van der Waals surface area contributed by atoms with Gasteiger partial charge in [-0.05, 0) is 44.4 Å². The van der Waals surface area contributed by atoms with Gasteiger partial charge >= 0.3 is 0 Å². The van der Waals surface area contributed by atoms with E-state index >= 15 is 0 Å². The Kier molecular flexibility index (Phi) is 2.57. The van der Waals surface area contributed by atoms with Gasteiger partial charge in [0.15, 0.2) is 0 Å². The van der Waals surface area contributed by atoms with Crippen molar-refractivity contribution in [2.24, 2.45) is 11.3 Å². The third kappa shape index (κ3) is 1.44. The predicted octanol–water partition coefficient (Wildman–Crippen LogP) is 0.174. The Bertz CT molecular complexity index is 321. The average Bonchev–Trinajstić information content (AvgIpc) is 2.80. The van der Waals surface area contributed by atoms with Crippen molar-refractivity contribution >= 4 is 0 Å². The minimum Gasteiger partial charge on any atom is -0.393 e. The molecule has 0 aromatic rings. The second-order valence-corrected chi connectivity index (χ2v) is 6.38. The average molecular weight is 242 g/mol. The molecule has 6 unspecified atom stereocenters. The van der Waals surface area contributed by atoms with E-state index in [1.165, 1.54) is 0 Å². The Hall–Kier alpha value is -0.160. The molecule has 17 heavy (non-hydrogen) atoms. The Morgan fingerprint density at radius 3 is 2.29 bits per heavy atom. The van der Waals surface area contributed by atoms with Gasteiger partial charge in [0.1, 0.15) is 0 Å². The van der Waals surface area contributed by atoms with Crippen LogP contribution in [-0.2, 0) is 0 Å². The number of aliphatic hydroxyl groups excluding tert-OH is 3. The van der Waals surface area contributed by atoms with Crippen molar-refractivity contribution in [3.63, 3.8) is 0 Å². The largest absolute Gasteiger partial charge is 0.393 e. The highest BCUT2D eigenvalue weighted by Gasteiger charge is 2.66. The molecule has 2 bridgehead atoms. The van der Waals surface area contributed by atoms with Crippen molar-refractivity contribution < 1.29 is 20.4 Å². The summed E-state index contributed by atoms with van der Waals surface area (Å²) in [5.41, 5.74) is -1.56. The van der Waals surface area contributed by atoms with Gasteiger partial charge in [-0.1, -0.05) is 0 Å². The molecule has 3 aliphatic carbocycles. The van der Waals surface area contributed by atoms with E-state index in [-0.39, 0.29) is 5.92 Å². The summed E-state index contributed by atoms with van der Waals surface area (Å²) in [6.07, 6.45) is 2.92. The third-order valence-electron chi connectivity index (χ3n) is 5.59. The molecule has 98 valence electrons. The van der Waals surface area contributed by atoms with Crippen LogP contribution in [0.4, 0.5) is 0 Å². The summed E-state index contributed by atoms with van der Waals surface area (Å²) in [6, 6.07) is 0. The number of hydrogen-bond acceptors (Lipinski definition) is 4. The van der Waals surface area contributed by atoms with Crippen molar-refractivity contribution in [3.8, 4) is 0 Å². The fraction of sp³-hybridized carbons (Fsp3) is 1.00. The monoisotopic (exact) mass is 242 g/mol. The van der Waals surface area contributed by atoms with E-state index in [0.29, 0.717) is 19.3 Å². The van der Waals surface area contributed by atoms with Crippen molar-refractivity contribution in [1.29, 1.82) is 0 Å². The van der Waals surface area contributed by atoms with E-state index in [1.807, 2.05) is 0 Å². The lowest BCUT2D eigenvalue weighted by Crippen LogP contribution is -2.57. The predicted molar refractivity (Wildman–Crippen MR) is 61.2 cm³/mol. The topological polar surface area (TPSA) is 80.9 Å². The van der Waals surface area contributed by atoms with Crippen molar-refractivity contribution in [2.75, 3.05) is 0 Å². The molecule has 0 aromatic heterocycles. The van der Waals surface area contributed by atoms with E-state index in [9.17, 15) is 20.4 Å². The Labute approximate surface area is 101 Å². The summed E-state index contributed by atoms with van der Waals surface area (Å²) in [5, 5.41) is 40.8. The zero-order valence-electron chi connectivity index (χ0n) is 10.0. The normalized spacial score (nSPS) is 58.6. The number of rotatable bonds is 1. The van der Waals surface area contributed by atoms with Crippen LogP contribution in [0.25, 0.3) is 0 Å². The molecule has 3 rings (SSSR count). The summed E-state index contributed by atoms with van der Waals surface area (Å²) >= 11 is 0. The number of hydrogen-bond donors (Lipinski definition) is 4. The van der Waals surface area contributed by atoms with Gasteiger partial charge < -0.3 is 20.4 Å². The molecule has 0 radical (unpaired) electrons. The lowest BCUT2D eigenvalue weighted by molar-refractivity contribution is -0.182. The Balaban J connectivity index is 1.92. The summed E-state index contributed by atoms with van der Waals surface area (Å²) in [7, 11) is 0. The minimum atomic E-state index is -0.990. The number of aliphatic hydroxyl groups is 4. The summed E-state index contributed by atoms with van der Waals surface area (Å²) in [4.78, 5) is 0. The summed E-state index contributed by atoms with van der Waals surface area (Å²) < 4.78 is 0. The van der Waals surface area contributed by atoms with Crippen LogP contribution in [0.5, 0.6) is 0 Å². The molecule has 0 saturated heterocycles. The maximum Gasteiger partial charge on any atom is 0.0885 e. The minimum absolute atomic E-state index is 0.132. The van der Waals surface area contributed by atoms with E-state index in [0.717, 1.165) is 25.7 Å². The summed E-state index contributed by atoms with van der Waals surface area (Å²) in [5.74, 6) is 0.132. The molecule has 4 N–H and O–H groups in total. The van der Waals surface area contributed by atoms with Crippen LogP contribution < -0.4 is 0 Å². The fourth-order valence-electron chi connectivity index (χ4n) is 4.63. The quantitative estimate of drug-likeness (QED) is 0.528. The first-order valence-corrected chi connectivity index (χ1v) is 6.75. The first-order valence-electron chi connectivity index (χ1n) is 6.75. The van der Waals surface area contributed by atoms with Crippen molar-refractivity contribution in [3.05, 3.63) is 0 Å². The molecule has 4 heteroatoms. The van der Waals surface area contributed by atoms with Gasteiger partial charge in [0, 0.05) is 11.8 Å². The second-order valence-electron chi connectivity index (χ2n) is 6.38. The van der Waals surface area contributed by atoms with Gasteiger partial charge in [-0.2, -0.15) is 0 Å². The Morgan fingerprint density at radius 1 is 0.941 bits per heavy atom. The highest BCUT2D eigenvalue weighted by atomic mass is 16.3. The van der Waals surface area contributed by atoms with Gasteiger partial charge in [0.25, 0.3) is 0 Å². The fourth-order valence-corrected chi connectivity index (χ4v) is 4.63. The summed E-state index contributed by atoms with van der Waals surface area (Å²) in [6.45, 7) is 0. The van der Waals surface area contributed by atoms with Crippen LogP contribution in [0.15, 0.2) is 0 Å². The van der Waals surface area contributed by atoms with Gasteiger partial charge in [0.2, 0.25) is 0 Å². The third-order valence-corrected chi connectivity index (χ3v) is 5.59. The van der Waals surface area contributed by atoms with Gasteiger partial charge in [-0.3, -0.25) is 0 Å². The van der Waals surface area contributed by atoms with E-state index in [1.54, 1.807) is 0 Å². The van der Waals surface area contributed by atoms with Crippen LogP contribution in [0.3, 0.4) is 0 Å². The van der Waals surface area contributed by atoms with Crippen molar-refractivity contribution in [2.45, 2.75) is 68.9 Å². The van der Waals surface area contributed by atoms with Crippen LogP contribution >= 0.6 is 0 Å². The standard InChI is InChI=1S/C13H22O4/c14-9-2-1-4-13(17,7-9)12-5-3-8(6-12)10(15)11(12)16/h8-11,14-17H,1-7H2. The molecule has 0 spiro atoms. The number of fused-ring (bicyclic) bond motifs is 2. The smallest absolute Gasteiger partial charge is 0.0885 e. The SMILES string of the molecule is OC1CCCC(O)(C23CCC(C2)C(O)C3O)C1. The maximum absolute atomic E-state index is 10.9. The van der Waals surface area contributed by atoms with Crippen LogP contribution in [0.2, 0.25) is 0 Å². The molecular formula is C13H22O4.